The van der Waals surface area contributed by atoms with Crippen LogP contribution in [0.4, 0.5) is 4.79 Å². The summed E-state index contributed by atoms with van der Waals surface area (Å²) in [6, 6.07) is 12.2. The molecule has 1 aromatic heterocycles. The van der Waals surface area contributed by atoms with E-state index in [1.54, 1.807) is 7.05 Å². The maximum Gasteiger partial charge on any atom is 0.315 e. The Morgan fingerprint density at radius 1 is 1.11 bits per heavy atom. The average Bonchev–Trinajstić information content (AvgIpc) is 3.38. The molecule has 0 radical (unpaired) electrons. The lowest BCUT2D eigenvalue weighted by atomic mass is 9.76. The molecule has 2 aromatic carbocycles. The Hall–Kier alpha value is -3.63. The van der Waals surface area contributed by atoms with Crippen molar-refractivity contribution < 1.29 is 19.1 Å². The first-order valence-electron chi connectivity index (χ1n) is 16.1. The molecular weight excluding hydrogens is 592 g/mol. The van der Waals surface area contributed by atoms with Crippen molar-refractivity contribution in [3.05, 3.63) is 64.4 Å². The first kappa shape index (κ1) is 31.4. The minimum Gasteiger partial charge on any atom is -0.380 e. The van der Waals surface area contributed by atoms with E-state index in [0.717, 1.165) is 54.3 Å². The van der Waals surface area contributed by atoms with Crippen molar-refractivity contribution in [3.8, 4) is 0 Å². The highest BCUT2D eigenvalue weighted by molar-refractivity contribution is 6.31. The first-order valence-corrected chi connectivity index (χ1v) is 16.5. The van der Waals surface area contributed by atoms with Gasteiger partial charge in [-0.05, 0) is 79.7 Å². The highest BCUT2D eigenvalue weighted by atomic mass is 35.5. The molecule has 1 aliphatic heterocycles. The summed E-state index contributed by atoms with van der Waals surface area (Å²) < 4.78 is 5.82. The second-order valence-corrected chi connectivity index (χ2v) is 13.5. The molecule has 3 fully saturated rings. The highest BCUT2D eigenvalue weighted by Gasteiger charge is 2.51. The quantitative estimate of drug-likeness (QED) is 0.205. The summed E-state index contributed by atoms with van der Waals surface area (Å²) in [6.07, 6.45) is 5.44. The lowest BCUT2D eigenvalue weighted by Crippen LogP contribution is -2.57. The fraction of sp³-hybridized carbons (Fsp3) is 0.529. The molecule has 5 N–H and O–H groups in total. The van der Waals surface area contributed by atoms with E-state index in [2.05, 4.69) is 33.2 Å². The molecule has 45 heavy (non-hydrogen) atoms. The molecular formula is C34H43ClN6O4. The number of hydrogen-bond acceptors (Lipinski definition) is 5. The van der Waals surface area contributed by atoms with Crippen LogP contribution >= 0.6 is 11.6 Å². The zero-order valence-electron chi connectivity index (χ0n) is 26.2. The summed E-state index contributed by atoms with van der Waals surface area (Å²) >= 11 is 6.74. The van der Waals surface area contributed by atoms with Gasteiger partial charge in [-0.1, -0.05) is 49.2 Å². The molecule has 1 unspecified atom stereocenters. The zero-order chi connectivity index (χ0) is 31.8. The van der Waals surface area contributed by atoms with Gasteiger partial charge in [0.25, 0.3) is 0 Å². The number of halogens is 1. The van der Waals surface area contributed by atoms with Gasteiger partial charge in [0, 0.05) is 31.1 Å². The van der Waals surface area contributed by atoms with Crippen LogP contribution < -0.4 is 21.3 Å². The molecule has 240 valence electrons. The second kappa shape index (κ2) is 12.6. The van der Waals surface area contributed by atoms with Gasteiger partial charge in [-0.3, -0.25) is 9.59 Å². The monoisotopic (exact) mass is 634 g/mol. The number of hydrogen-bond donors (Lipinski definition) is 5. The summed E-state index contributed by atoms with van der Waals surface area (Å²) in [5, 5.41) is 12.5. The van der Waals surface area contributed by atoms with Gasteiger partial charge in [-0.2, -0.15) is 0 Å². The van der Waals surface area contributed by atoms with Crippen molar-refractivity contribution in [2.75, 3.05) is 26.8 Å². The van der Waals surface area contributed by atoms with Crippen molar-refractivity contribution >= 4 is 40.5 Å². The van der Waals surface area contributed by atoms with Crippen LogP contribution in [0.2, 0.25) is 5.02 Å². The summed E-state index contributed by atoms with van der Waals surface area (Å²) in [5.41, 5.74) is 2.24. The van der Waals surface area contributed by atoms with Crippen LogP contribution in [-0.2, 0) is 19.7 Å². The van der Waals surface area contributed by atoms with Gasteiger partial charge in [0.2, 0.25) is 11.8 Å². The molecule has 2 saturated carbocycles. The molecule has 0 spiro atoms. The third-order valence-corrected chi connectivity index (χ3v) is 10.6. The van der Waals surface area contributed by atoms with Gasteiger partial charge in [0.1, 0.15) is 11.9 Å². The maximum absolute atomic E-state index is 14.1. The van der Waals surface area contributed by atoms with E-state index < -0.39 is 17.5 Å². The van der Waals surface area contributed by atoms with E-state index in [4.69, 9.17) is 21.3 Å². The van der Waals surface area contributed by atoms with Gasteiger partial charge in [-0.25, -0.2) is 9.78 Å². The predicted octanol–water partition coefficient (Wildman–Crippen LogP) is 4.85. The van der Waals surface area contributed by atoms with E-state index in [0.29, 0.717) is 30.4 Å². The van der Waals surface area contributed by atoms with Crippen LogP contribution in [0, 0.1) is 11.3 Å². The van der Waals surface area contributed by atoms with Crippen LogP contribution in [0.1, 0.15) is 81.3 Å². The Kier molecular flexibility index (Phi) is 8.81. The van der Waals surface area contributed by atoms with Gasteiger partial charge in [0.05, 0.1) is 29.1 Å². The molecule has 1 saturated heterocycles. The van der Waals surface area contributed by atoms with Crippen LogP contribution in [0.5, 0.6) is 0 Å². The Morgan fingerprint density at radius 2 is 1.89 bits per heavy atom. The van der Waals surface area contributed by atoms with Gasteiger partial charge >= 0.3 is 6.03 Å². The Labute approximate surface area is 268 Å². The number of H-pyrrole nitrogens is 1. The van der Waals surface area contributed by atoms with Gasteiger partial charge < -0.3 is 31.0 Å². The number of likely N-dealkylation sites (N-methyl/N-ethyl adjacent to an activating group) is 1. The standard InChI is InChI=1S/C34H43ClN6O4/c1-4-37-30(42)27(20-8-7-9-20)40-31(43)34(16-17-45-19-34)21-12-13-24-25(18-21)39-29(38-24)28(41-32(44)36-3)26(33(2)14-15-33)22-10-5-6-11-23(22)35/h5-6,10-13,18,20,26-28H,4,7-9,14-17,19H2,1-3H3,(H,37,42)(H,38,39)(H,40,43)(H2,36,41,44)/t26-,27+,28-,34?/m0/s1. The Balaban J connectivity index is 1.36. The minimum absolute atomic E-state index is 0.0643. The van der Waals surface area contributed by atoms with E-state index in [1.807, 2.05) is 49.4 Å². The number of nitrogens with one attached hydrogen (secondary N) is 5. The number of ether oxygens (including phenoxy) is 1. The third-order valence-electron chi connectivity index (χ3n) is 10.2. The number of carbonyl (C=O) groups is 3. The Bertz CT molecular complexity index is 1580. The largest absolute Gasteiger partial charge is 0.380 e. The van der Waals surface area contributed by atoms with E-state index in [9.17, 15) is 14.4 Å². The number of imidazole rings is 1. The first-order chi connectivity index (χ1) is 21.7. The van der Waals surface area contributed by atoms with Gasteiger partial charge in [0.15, 0.2) is 0 Å². The molecule has 2 heterocycles. The molecule has 4 amide bonds. The van der Waals surface area contributed by atoms with Crippen molar-refractivity contribution in [1.82, 2.24) is 31.2 Å². The number of fused-ring (bicyclic) bond motifs is 1. The number of nitrogens with zero attached hydrogens (tertiary/aromatic N) is 1. The van der Waals surface area contributed by atoms with Crippen molar-refractivity contribution in [1.29, 1.82) is 0 Å². The summed E-state index contributed by atoms with van der Waals surface area (Å²) in [4.78, 5) is 48.3. The fourth-order valence-corrected chi connectivity index (χ4v) is 7.28. The van der Waals surface area contributed by atoms with E-state index in [-0.39, 0.29) is 41.7 Å². The Morgan fingerprint density at radius 3 is 2.51 bits per heavy atom. The van der Waals surface area contributed by atoms with Crippen LogP contribution in [0.3, 0.4) is 0 Å². The lowest BCUT2D eigenvalue weighted by molar-refractivity contribution is -0.134. The molecule has 3 aliphatic rings. The summed E-state index contributed by atoms with van der Waals surface area (Å²) in [6.45, 7) is 5.29. The summed E-state index contributed by atoms with van der Waals surface area (Å²) in [7, 11) is 1.59. The number of rotatable bonds is 11. The molecule has 3 aromatic rings. The zero-order valence-corrected chi connectivity index (χ0v) is 26.9. The third kappa shape index (κ3) is 6.02. The number of benzene rings is 2. The SMILES string of the molecule is CCNC(=O)[C@H](NC(=O)C1(c2ccc3nc([C@@H](NC(=O)NC)[C@H](c4ccccc4Cl)C4(C)CC4)[nH]c3c2)CCOC1)C1CCC1. The van der Waals surface area contributed by atoms with Crippen LogP contribution in [-0.4, -0.2) is 60.7 Å². The number of aromatic amines is 1. The topological polar surface area (TPSA) is 137 Å². The number of urea groups is 1. The van der Waals surface area contributed by atoms with Crippen molar-refractivity contribution in [3.63, 3.8) is 0 Å². The highest BCUT2D eigenvalue weighted by Crippen LogP contribution is 2.60. The van der Waals surface area contributed by atoms with Crippen LogP contribution in [0.15, 0.2) is 42.5 Å². The predicted molar refractivity (Wildman–Crippen MR) is 173 cm³/mol. The van der Waals surface area contributed by atoms with Crippen LogP contribution in [0.25, 0.3) is 11.0 Å². The lowest BCUT2D eigenvalue weighted by Gasteiger charge is -2.36. The number of aromatic nitrogens is 2. The number of amides is 4. The molecule has 2 aliphatic carbocycles. The van der Waals surface area contributed by atoms with E-state index in [1.165, 1.54) is 0 Å². The second-order valence-electron chi connectivity index (χ2n) is 13.1. The number of carbonyl (C=O) groups excluding carboxylic acids is 3. The molecule has 11 heteroatoms. The van der Waals surface area contributed by atoms with E-state index >= 15 is 0 Å². The van der Waals surface area contributed by atoms with Crippen molar-refractivity contribution in [2.24, 2.45) is 11.3 Å². The fourth-order valence-electron chi connectivity index (χ4n) is 7.03. The molecule has 0 bridgehead atoms. The maximum atomic E-state index is 14.1. The normalized spacial score (nSPS) is 22.6. The molecule has 10 nitrogen and oxygen atoms in total. The minimum atomic E-state index is -0.935. The smallest absolute Gasteiger partial charge is 0.315 e. The molecule has 4 atom stereocenters. The summed E-state index contributed by atoms with van der Waals surface area (Å²) in [5.74, 6) is 0.307. The van der Waals surface area contributed by atoms with Gasteiger partial charge in [-0.15, -0.1) is 0 Å². The average molecular weight is 635 g/mol. The van der Waals surface area contributed by atoms with Crippen molar-refractivity contribution in [2.45, 2.75) is 75.8 Å². The molecule has 6 rings (SSSR count).